The number of nitrogens with zero attached hydrogens (tertiary/aromatic N) is 3. The van der Waals surface area contributed by atoms with Crippen LogP contribution in [-0.4, -0.2) is 38.8 Å². The number of rotatable bonds is 3. The first kappa shape index (κ1) is 12.0. The molecular weight excluding hydrogens is 222 g/mol. The van der Waals surface area contributed by atoms with Gasteiger partial charge in [0.2, 0.25) is 0 Å². The molecule has 0 aromatic carbocycles. The minimum absolute atomic E-state index is 0.173. The molecule has 0 atom stereocenters. The van der Waals surface area contributed by atoms with Gasteiger partial charge in [-0.3, -0.25) is 0 Å². The van der Waals surface area contributed by atoms with Crippen molar-refractivity contribution in [1.29, 1.82) is 0 Å². The average molecular weight is 239 g/mol. The normalized spacial score (nSPS) is 18.9. The molecule has 6 heteroatoms. The van der Waals surface area contributed by atoms with Crippen molar-refractivity contribution < 1.29 is 14.6 Å². The molecule has 1 fully saturated rings. The molecule has 1 N–H and O–H groups in total. The number of hydrogen-bond donors (Lipinski definition) is 1. The lowest BCUT2D eigenvalue weighted by Gasteiger charge is -2.31. The van der Waals surface area contributed by atoms with E-state index in [1.165, 1.54) is 24.4 Å². The van der Waals surface area contributed by atoms with Gasteiger partial charge in [-0.2, -0.15) is 0 Å². The SMILES string of the molecule is COC(=O)c1cn(CC2(O)CCCCC2)nn1. The van der Waals surface area contributed by atoms with Crippen LogP contribution < -0.4 is 0 Å². The summed E-state index contributed by atoms with van der Waals surface area (Å²) in [5.41, 5.74) is -0.536. The quantitative estimate of drug-likeness (QED) is 0.788. The molecule has 0 bridgehead atoms. The predicted molar refractivity (Wildman–Crippen MR) is 59.4 cm³/mol. The van der Waals surface area contributed by atoms with Gasteiger partial charge in [0.25, 0.3) is 0 Å². The van der Waals surface area contributed by atoms with Crippen molar-refractivity contribution in [2.24, 2.45) is 0 Å². The third-order valence-electron chi connectivity index (χ3n) is 3.17. The van der Waals surface area contributed by atoms with Gasteiger partial charge in [0.05, 0.1) is 25.5 Å². The smallest absolute Gasteiger partial charge is 0.360 e. The number of carbonyl (C=O) groups is 1. The summed E-state index contributed by atoms with van der Waals surface area (Å²) in [5, 5.41) is 17.9. The fourth-order valence-electron chi connectivity index (χ4n) is 2.24. The maximum atomic E-state index is 11.2. The van der Waals surface area contributed by atoms with Crippen LogP contribution in [0.2, 0.25) is 0 Å². The van der Waals surface area contributed by atoms with Crippen LogP contribution in [0.15, 0.2) is 6.20 Å². The second-order valence-corrected chi connectivity index (χ2v) is 4.58. The molecule has 94 valence electrons. The van der Waals surface area contributed by atoms with E-state index >= 15 is 0 Å². The Bertz CT molecular complexity index is 396. The summed E-state index contributed by atoms with van der Waals surface area (Å²) in [6.45, 7) is 0.386. The number of esters is 1. The number of methoxy groups -OCH3 is 1. The maximum Gasteiger partial charge on any atom is 0.360 e. The number of ether oxygens (including phenoxy) is 1. The Morgan fingerprint density at radius 1 is 1.53 bits per heavy atom. The molecule has 1 saturated carbocycles. The Morgan fingerprint density at radius 3 is 2.88 bits per heavy atom. The molecule has 1 aliphatic rings. The van der Waals surface area contributed by atoms with E-state index in [2.05, 4.69) is 15.0 Å². The van der Waals surface area contributed by atoms with Gasteiger partial charge in [-0.25, -0.2) is 9.48 Å². The van der Waals surface area contributed by atoms with Gasteiger partial charge in [-0.15, -0.1) is 5.10 Å². The number of aromatic nitrogens is 3. The second kappa shape index (κ2) is 4.83. The van der Waals surface area contributed by atoms with Crippen molar-refractivity contribution in [3.05, 3.63) is 11.9 Å². The summed E-state index contributed by atoms with van der Waals surface area (Å²) in [7, 11) is 1.30. The van der Waals surface area contributed by atoms with E-state index in [1.54, 1.807) is 0 Å². The number of aliphatic hydroxyl groups is 1. The maximum absolute atomic E-state index is 11.2. The van der Waals surface area contributed by atoms with E-state index in [-0.39, 0.29) is 5.69 Å². The number of hydrogen-bond acceptors (Lipinski definition) is 5. The Hall–Kier alpha value is -1.43. The highest BCUT2D eigenvalue weighted by Crippen LogP contribution is 2.29. The zero-order valence-corrected chi connectivity index (χ0v) is 9.93. The lowest BCUT2D eigenvalue weighted by Crippen LogP contribution is -2.36. The van der Waals surface area contributed by atoms with Crippen molar-refractivity contribution >= 4 is 5.97 Å². The summed E-state index contributed by atoms with van der Waals surface area (Å²) >= 11 is 0. The first-order valence-corrected chi connectivity index (χ1v) is 5.84. The van der Waals surface area contributed by atoms with Gasteiger partial charge < -0.3 is 9.84 Å². The van der Waals surface area contributed by atoms with Crippen LogP contribution in [0, 0.1) is 0 Å². The monoisotopic (exact) mass is 239 g/mol. The lowest BCUT2D eigenvalue weighted by molar-refractivity contribution is -0.0147. The van der Waals surface area contributed by atoms with E-state index in [0.29, 0.717) is 6.54 Å². The van der Waals surface area contributed by atoms with Crippen LogP contribution >= 0.6 is 0 Å². The lowest BCUT2D eigenvalue weighted by atomic mass is 9.85. The van der Waals surface area contributed by atoms with Crippen LogP contribution in [0.4, 0.5) is 0 Å². The summed E-state index contributed by atoms with van der Waals surface area (Å²) in [6.07, 6.45) is 6.32. The van der Waals surface area contributed by atoms with Crippen LogP contribution in [0.5, 0.6) is 0 Å². The van der Waals surface area contributed by atoms with Crippen LogP contribution in [0.3, 0.4) is 0 Å². The molecule has 0 unspecified atom stereocenters. The van der Waals surface area contributed by atoms with Crippen molar-refractivity contribution in [2.45, 2.75) is 44.2 Å². The van der Waals surface area contributed by atoms with Gasteiger partial charge in [-0.05, 0) is 12.8 Å². The van der Waals surface area contributed by atoms with Crippen molar-refractivity contribution in [1.82, 2.24) is 15.0 Å². The number of carbonyl (C=O) groups excluding carboxylic acids is 1. The summed E-state index contributed by atoms with van der Waals surface area (Å²) in [5.74, 6) is -0.508. The first-order valence-electron chi connectivity index (χ1n) is 5.84. The van der Waals surface area contributed by atoms with E-state index < -0.39 is 11.6 Å². The van der Waals surface area contributed by atoms with Crippen LogP contribution in [0.25, 0.3) is 0 Å². The van der Waals surface area contributed by atoms with Gasteiger partial charge in [0.15, 0.2) is 5.69 Å². The molecule has 0 radical (unpaired) electrons. The van der Waals surface area contributed by atoms with Crippen molar-refractivity contribution in [3.8, 4) is 0 Å². The highest BCUT2D eigenvalue weighted by molar-refractivity contribution is 5.86. The van der Waals surface area contributed by atoms with Gasteiger partial charge in [0.1, 0.15) is 0 Å². The Morgan fingerprint density at radius 2 is 2.24 bits per heavy atom. The molecule has 1 aliphatic carbocycles. The minimum atomic E-state index is -0.709. The Kier molecular flexibility index (Phi) is 3.42. The molecule has 1 aromatic rings. The summed E-state index contributed by atoms with van der Waals surface area (Å²) < 4.78 is 6.06. The van der Waals surface area contributed by atoms with E-state index in [0.717, 1.165) is 25.7 Å². The van der Waals surface area contributed by atoms with Crippen LogP contribution in [0.1, 0.15) is 42.6 Å². The summed E-state index contributed by atoms with van der Waals surface area (Å²) in [6, 6.07) is 0. The minimum Gasteiger partial charge on any atom is -0.464 e. The molecule has 0 amide bonds. The fraction of sp³-hybridized carbons (Fsp3) is 0.727. The second-order valence-electron chi connectivity index (χ2n) is 4.58. The molecule has 1 heterocycles. The van der Waals surface area contributed by atoms with E-state index in [1.807, 2.05) is 0 Å². The van der Waals surface area contributed by atoms with Gasteiger partial charge >= 0.3 is 5.97 Å². The predicted octanol–water partition coefficient (Wildman–Crippen LogP) is 0.760. The van der Waals surface area contributed by atoms with Crippen molar-refractivity contribution in [3.63, 3.8) is 0 Å². The standard InChI is InChI=1S/C11H17N3O3/c1-17-10(15)9-7-14(13-12-9)8-11(16)5-3-2-4-6-11/h7,16H,2-6,8H2,1H3. The summed E-state index contributed by atoms with van der Waals surface area (Å²) in [4.78, 5) is 11.2. The molecule has 0 aliphatic heterocycles. The Labute approximate surface area is 99.6 Å². The zero-order chi connectivity index (χ0) is 12.3. The largest absolute Gasteiger partial charge is 0.464 e. The molecule has 1 aromatic heterocycles. The molecular formula is C11H17N3O3. The van der Waals surface area contributed by atoms with E-state index in [4.69, 9.17) is 0 Å². The third kappa shape index (κ3) is 2.82. The highest BCUT2D eigenvalue weighted by Gasteiger charge is 2.30. The fourth-order valence-corrected chi connectivity index (χ4v) is 2.24. The molecule has 17 heavy (non-hydrogen) atoms. The molecule has 0 spiro atoms. The molecule has 0 saturated heterocycles. The van der Waals surface area contributed by atoms with Gasteiger partial charge in [0, 0.05) is 0 Å². The van der Waals surface area contributed by atoms with E-state index in [9.17, 15) is 9.90 Å². The first-order chi connectivity index (χ1) is 8.13. The highest BCUT2D eigenvalue weighted by atomic mass is 16.5. The third-order valence-corrected chi connectivity index (χ3v) is 3.17. The van der Waals surface area contributed by atoms with Gasteiger partial charge in [-0.1, -0.05) is 24.5 Å². The zero-order valence-electron chi connectivity index (χ0n) is 9.93. The average Bonchev–Trinajstić information content (AvgIpc) is 2.76. The molecule has 6 nitrogen and oxygen atoms in total. The molecule has 2 rings (SSSR count). The Balaban J connectivity index is 2.03. The topological polar surface area (TPSA) is 77.2 Å². The van der Waals surface area contributed by atoms with Crippen LogP contribution in [-0.2, 0) is 11.3 Å². The van der Waals surface area contributed by atoms with Crippen molar-refractivity contribution in [2.75, 3.05) is 7.11 Å².